The zero-order valence-electron chi connectivity index (χ0n) is 27.3. The summed E-state index contributed by atoms with van der Waals surface area (Å²) in [5.41, 5.74) is 2.11. The third-order valence-electron chi connectivity index (χ3n) is 8.15. The Morgan fingerprint density at radius 3 is 2.02 bits per heavy atom. The maximum atomic E-state index is 13.3. The summed E-state index contributed by atoms with van der Waals surface area (Å²) < 4.78 is 0. The number of rotatable bonds is 15. The first-order valence-corrected chi connectivity index (χ1v) is 15.5. The Labute approximate surface area is 254 Å². The predicted molar refractivity (Wildman–Crippen MR) is 171 cm³/mol. The van der Waals surface area contributed by atoms with Crippen LogP contribution in [0.25, 0.3) is 0 Å². The number of carbonyl (C=O) groups is 3. The first-order chi connectivity index (χ1) is 20.0. The quantitative estimate of drug-likeness (QED) is 0.162. The summed E-state index contributed by atoms with van der Waals surface area (Å²) in [5, 5.41) is 11.2. The van der Waals surface area contributed by atoms with Crippen LogP contribution in [0, 0.1) is 29.1 Å². The SMILES string of the molecule is C=Nc1cccc(C(=O)N(CC(CC)CCCC)CC(CC)CCCC)c1.CC1=C(C#N)C(=O)N(N(C)C)C(=O)C1C. The van der Waals surface area contributed by atoms with Crippen LogP contribution in [0.1, 0.15) is 103 Å². The molecule has 0 saturated heterocycles. The number of benzene rings is 1. The van der Waals surface area contributed by atoms with Crippen molar-refractivity contribution in [1.82, 2.24) is 14.9 Å². The Bertz CT molecular complexity index is 1100. The summed E-state index contributed by atoms with van der Waals surface area (Å²) >= 11 is 0. The van der Waals surface area contributed by atoms with Crippen molar-refractivity contribution in [2.24, 2.45) is 22.7 Å². The number of hydrogen-bond donors (Lipinski definition) is 0. The number of unbranched alkanes of at least 4 members (excludes halogenated alkanes) is 2. The molecule has 0 radical (unpaired) electrons. The smallest absolute Gasteiger partial charge is 0.285 e. The van der Waals surface area contributed by atoms with Gasteiger partial charge in [0.15, 0.2) is 0 Å². The van der Waals surface area contributed by atoms with Crippen LogP contribution in [-0.2, 0) is 9.59 Å². The second-order valence-corrected chi connectivity index (χ2v) is 11.4. The molecule has 0 bridgehead atoms. The van der Waals surface area contributed by atoms with E-state index in [4.69, 9.17) is 5.26 Å². The molecule has 2 rings (SSSR count). The lowest BCUT2D eigenvalue weighted by Crippen LogP contribution is -2.52. The molecule has 0 aliphatic carbocycles. The summed E-state index contributed by atoms with van der Waals surface area (Å²) in [7, 11) is 3.19. The van der Waals surface area contributed by atoms with E-state index >= 15 is 0 Å². The van der Waals surface area contributed by atoms with Crippen LogP contribution in [-0.4, -0.2) is 66.5 Å². The average Bonchev–Trinajstić information content (AvgIpc) is 2.99. The van der Waals surface area contributed by atoms with Gasteiger partial charge < -0.3 is 4.90 Å². The first-order valence-electron chi connectivity index (χ1n) is 15.5. The Morgan fingerprint density at radius 1 is 1.05 bits per heavy atom. The molecular weight excluding hydrogens is 526 g/mol. The minimum Gasteiger partial charge on any atom is -0.338 e. The second kappa shape index (κ2) is 19.0. The molecule has 3 amide bonds. The number of carbonyl (C=O) groups excluding carboxylic acids is 3. The third-order valence-corrected chi connectivity index (χ3v) is 8.15. The Morgan fingerprint density at radius 2 is 1.60 bits per heavy atom. The molecule has 0 N–H and O–H groups in total. The summed E-state index contributed by atoms with van der Waals surface area (Å²) in [5.74, 6) is 0.0614. The molecule has 42 heavy (non-hydrogen) atoms. The molecular formula is C34H53N5O3. The van der Waals surface area contributed by atoms with Gasteiger partial charge in [0, 0.05) is 32.7 Å². The molecule has 1 aromatic carbocycles. The number of aliphatic imine (C=N–C) groups is 1. The highest BCUT2D eigenvalue weighted by molar-refractivity contribution is 6.10. The minimum atomic E-state index is -0.539. The van der Waals surface area contributed by atoms with Gasteiger partial charge in [0.2, 0.25) is 0 Å². The van der Waals surface area contributed by atoms with Crippen molar-refractivity contribution in [3.8, 4) is 6.07 Å². The molecule has 8 nitrogen and oxygen atoms in total. The summed E-state index contributed by atoms with van der Waals surface area (Å²) in [6.07, 6.45) is 9.57. The highest BCUT2D eigenvalue weighted by atomic mass is 16.2. The molecule has 0 saturated carbocycles. The van der Waals surface area contributed by atoms with E-state index < -0.39 is 11.8 Å². The highest BCUT2D eigenvalue weighted by Crippen LogP contribution is 2.25. The van der Waals surface area contributed by atoms with E-state index in [2.05, 4.69) is 44.3 Å². The summed E-state index contributed by atoms with van der Waals surface area (Å²) in [6, 6.07) is 9.41. The number of imide groups is 1. The fraction of sp³-hybridized carbons (Fsp3) is 0.618. The number of nitrogens with zero attached hydrogens (tertiary/aromatic N) is 5. The fourth-order valence-corrected chi connectivity index (χ4v) is 5.09. The number of nitriles is 1. The number of amides is 3. The minimum absolute atomic E-state index is 0.0656. The summed E-state index contributed by atoms with van der Waals surface area (Å²) in [4.78, 5) is 43.0. The van der Waals surface area contributed by atoms with Gasteiger partial charge >= 0.3 is 0 Å². The van der Waals surface area contributed by atoms with Crippen molar-refractivity contribution in [1.29, 1.82) is 5.26 Å². The second-order valence-electron chi connectivity index (χ2n) is 11.4. The van der Waals surface area contributed by atoms with E-state index in [1.807, 2.05) is 30.3 Å². The highest BCUT2D eigenvalue weighted by Gasteiger charge is 2.38. The van der Waals surface area contributed by atoms with Crippen LogP contribution >= 0.6 is 0 Å². The van der Waals surface area contributed by atoms with Gasteiger partial charge in [-0.05, 0) is 69.0 Å². The van der Waals surface area contributed by atoms with Crippen molar-refractivity contribution in [2.45, 2.75) is 92.9 Å². The average molecular weight is 580 g/mol. The van der Waals surface area contributed by atoms with E-state index in [-0.39, 0.29) is 17.4 Å². The van der Waals surface area contributed by atoms with Crippen LogP contribution in [0.4, 0.5) is 5.69 Å². The van der Waals surface area contributed by atoms with Gasteiger partial charge in [-0.2, -0.15) is 5.26 Å². The van der Waals surface area contributed by atoms with Crippen LogP contribution < -0.4 is 0 Å². The van der Waals surface area contributed by atoms with Crippen LogP contribution in [0.15, 0.2) is 40.4 Å². The van der Waals surface area contributed by atoms with Gasteiger partial charge in [-0.25, -0.2) is 10.0 Å². The van der Waals surface area contributed by atoms with Crippen molar-refractivity contribution in [3.63, 3.8) is 0 Å². The van der Waals surface area contributed by atoms with Gasteiger partial charge in [-0.3, -0.25) is 19.4 Å². The van der Waals surface area contributed by atoms with Gasteiger partial charge in [-0.1, -0.05) is 72.3 Å². The van der Waals surface area contributed by atoms with Gasteiger partial charge in [0.1, 0.15) is 11.6 Å². The third kappa shape index (κ3) is 10.5. The monoisotopic (exact) mass is 579 g/mol. The molecule has 1 aromatic rings. The van der Waals surface area contributed by atoms with Crippen molar-refractivity contribution < 1.29 is 14.4 Å². The maximum absolute atomic E-state index is 13.3. The lowest BCUT2D eigenvalue weighted by Gasteiger charge is -2.33. The van der Waals surface area contributed by atoms with Crippen molar-refractivity contribution >= 4 is 30.1 Å². The molecule has 8 heteroatoms. The van der Waals surface area contributed by atoms with Gasteiger partial charge in [-0.15, -0.1) is 0 Å². The van der Waals surface area contributed by atoms with Crippen LogP contribution in [0.3, 0.4) is 0 Å². The van der Waals surface area contributed by atoms with Crippen LogP contribution in [0.5, 0.6) is 0 Å². The van der Waals surface area contributed by atoms with Gasteiger partial charge in [0.25, 0.3) is 17.7 Å². The zero-order chi connectivity index (χ0) is 31.8. The Balaban J connectivity index is 0.000000495. The topological polar surface area (TPSA) is 97.1 Å². The predicted octanol–water partition coefficient (Wildman–Crippen LogP) is 7.20. The largest absolute Gasteiger partial charge is 0.338 e. The Kier molecular flexibility index (Phi) is 16.6. The van der Waals surface area contributed by atoms with E-state index in [1.54, 1.807) is 27.9 Å². The first kappa shape index (κ1) is 36.7. The molecule has 3 atom stereocenters. The van der Waals surface area contributed by atoms with E-state index in [0.717, 1.165) is 42.2 Å². The fourth-order valence-electron chi connectivity index (χ4n) is 5.09. The lowest BCUT2D eigenvalue weighted by molar-refractivity contribution is -0.160. The number of hydrogen-bond acceptors (Lipinski definition) is 6. The van der Waals surface area contributed by atoms with Crippen molar-refractivity contribution in [2.75, 3.05) is 27.2 Å². The van der Waals surface area contributed by atoms with Crippen molar-refractivity contribution in [3.05, 3.63) is 41.0 Å². The van der Waals surface area contributed by atoms with E-state index in [1.165, 1.54) is 43.5 Å². The molecule has 0 aromatic heterocycles. The standard InChI is InChI=1S/C24H40N2O.C10H13N3O2/c1-6-10-13-20(8-3)18-26(19-21(9-4)14-11-7-2)24(27)22-15-12-16-23(17-22)25-5;1-6-7(2)9(14)13(12(3)4)10(15)8(6)5-11/h12,15-17,20-21H,5-11,13-14,18-19H2,1-4H3;7H,1-4H3. The lowest BCUT2D eigenvalue weighted by atomic mass is 9.92. The molecule has 1 aliphatic heterocycles. The normalized spacial score (nSPS) is 16.5. The molecule has 0 fully saturated rings. The molecule has 232 valence electrons. The molecule has 0 spiro atoms. The summed E-state index contributed by atoms with van der Waals surface area (Å²) in [6.45, 7) is 17.6. The number of hydrazine groups is 1. The molecule has 1 heterocycles. The van der Waals surface area contributed by atoms with E-state index in [9.17, 15) is 14.4 Å². The van der Waals surface area contributed by atoms with Crippen LogP contribution in [0.2, 0.25) is 0 Å². The molecule has 1 aliphatic rings. The Hall–Kier alpha value is -3.31. The van der Waals surface area contributed by atoms with Gasteiger partial charge in [0.05, 0.1) is 11.6 Å². The van der Waals surface area contributed by atoms with E-state index in [0.29, 0.717) is 17.4 Å². The maximum Gasteiger partial charge on any atom is 0.285 e. The zero-order valence-corrected chi connectivity index (χ0v) is 27.3. The molecule has 3 unspecified atom stereocenters.